The van der Waals surface area contributed by atoms with Gasteiger partial charge in [0, 0.05) is 18.3 Å². The van der Waals surface area contributed by atoms with E-state index in [4.69, 9.17) is 11.6 Å². The lowest BCUT2D eigenvalue weighted by atomic mass is 9.96. The van der Waals surface area contributed by atoms with Crippen LogP contribution in [0.5, 0.6) is 0 Å². The fourth-order valence-electron chi connectivity index (χ4n) is 3.40. The second-order valence-corrected chi connectivity index (χ2v) is 7.29. The zero-order chi connectivity index (χ0) is 19.3. The van der Waals surface area contributed by atoms with Crippen molar-refractivity contribution < 1.29 is 4.39 Å². The Kier molecular flexibility index (Phi) is 5.67. The number of nitrogens with zero attached hydrogens (tertiary/aromatic N) is 3. The predicted octanol–water partition coefficient (Wildman–Crippen LogP) is 5.82. The Morgan fingerprint density at radius 1 is 0.964 bits per heavy atom. The molecule has 1 aliphatic carbocycles. The molecule has 7 heteroatoms. The number of hydrogen-bond acceptors (Lipinski definition) is 5. The van der Waals surface area contributed by atoms with Crippen molar-refractivity contribution in [3.8, 4) is 11.4 Å². The smallest absolute Gasteiger partial charge is 0.225 e. The Morgan fingerprint density at radius 3 is 2.57 bits per heavy atom. The van der Waals surface area contributed by atoms with Crippen molar-refractivity contribution in [2.75, 3.05) is 10.6 Å². The molecule has 2 aromatic heterocycles. The molecule has 0 atom stereocenters. The standard InChI is InChI=1S/C21H21ClFN5/c22-15-9-6-10-16(23)20(15)27-19-13-18(17-11-4-5-12-24-17)26-21(28-19)25-14-7-2-1-3-8-14/h4-6,9-14H,1-3,7-8H2,(H2,25,26,27,28). The van der Waals surface area contributed by atoms with Crippen molar-refractivity contribution >= 4 is 29.1 Å². The maximum Gasteiger partial charge on any atom is 0.225 e. The van der Waals surface area contributed by atoms with Crippen LogP contribution in [-0.4, -0.2) is 21.0 Å². The van der Waals surface area contributed by atoms with E-state index in [0.29, 0.717) is 28.5 Å². The zero-order valence-corrected chi connectivity index (χ0v) is 16.1. The number of aromatic nitrogens is 3. The van der Waals surface area contributed by atoms with Crippen LogP contribution >= 0.6 is 11.6 Å². The van der Waals surface area contributed by atoms with E-state index in [1.807, 2.05) is 18.2 Å². The largest absolute Gasteiger partial charge is 0.351 e. The van der Waals surface area contributed by atoms with Crippen LogP contribution in [0.1, 0.15) is 32.1 Å². The van der Waals surface area contributed by atoms with Gasteiger partial charge in [0.1, 0.15) is 11.6 Å². The first kappa shape index (κ1) is 18.6. The van der Waals surface area contributed by atoms with Gasteiger partial charge in [-0.3, -0.25) is 4.98 Å². The molecule has 0 unspecified atom stereocenters. The normalized spacial score (nSPS) is 14.6. The predicted molar refractivity (Wildman–Crippen MR) is 110 cm³/mol. The number of para-hydroxylation sites is 1. The fourth-order valence-corrected chi connectivity index (χ4v) is 3.61. The summed E-state index contributed by atoms with van der Waals surface area (Å²) in [6.07, 6.45) is 7.58. The molecule has 1 saturated carbocycles. The van der Waals surface area contributed by atoms with Crippen molar-refractivity contribution in [3.63, 3.8) is 0 Å². The molecule has 0 spiro atoms. The summed E-state index contributed by atoms with van der Waals surface area (Å²) in [5, 5.41) is 6.72. The first-order valence-corrected chi connectivity index (χ1v) is 9.85. The third-order valence-corrected chi connectivity index (χ3v) is 5.12. The average molecular weight is 398 g/mol. The third-order valence-electron chi connectivity index (χ3n) is 4.81. The summed E-state index contributed by atoms with van der Waals surface area (Å²) in [4.78, 5) is 13.6. The summed E-state index contributed by atoms with van der Waals surface area (Å²) in [7, 11) is 0. The van der Waals surface area contributed by atoms with E-state index in [1.54, 1.807) is 24.4 Å². The topological polar surface area (TPSA) is 62.7 Å². The molecule has 1 aromatic carbocycles. The molecule has 3 aromatic rings. The Hall–Kier alpha value is -2.73. The molecule has 2 N–H and O–H groups in total. The van der Waals surface area contributed by atoms with E-state index >= 15 is 0 Å². The number of hydrogen-bond donors (Lipinski definition) is 2. The van der Waals surface area contributed by atoms with Gasteiger partial charge in [-0.05, 0) is 37.1 Å². The average Bonchev–Trinajstić information content (AvgIpc) is 2.72. The summed E-state index contributed by atoms with van der Waals surface area (Å²) in [6, 6.07) is 12.3. The van der Waals surface area contributed by atoms with Crippen LogP contribution in [0.3, 0.4) is 0 Å². The zero-order valence-electron chi connectivity index (χ0n) is 15.3. The molecule has 5 nitrogen and oxygen atoms in total. The van der Waals surface area contributed by atoms with Gasteiger partial charge in [-0.25, -0.2) is 9.37 Å². The minimum absolute atomic E-state index is 0.193. The number of benzene rings is 1. The molecule has 4 rings (SSSR count). The van der Waals surface area contributed by atoms with Crippen LogP contribution in [0.15, 0.2) is 48.7 Å². The molecule has 2 heterocycles. The molecule has 0 aliphatic heterocycles. The number of halogens is 2. The van der Waals surface area contributed by atoms with E-state index < -0.39 is 5.82 Å². The first-order valence-electron chi connectivity index (χ1n) is 9.47. The second kappa shape index (κ2) is 8.52. The highest BCUT2D eigenvalue weighted by atomic mass is 35.5. The highest BCUT2D eigenvalue weighted by Gasteiger charge is 2.16. The molecular formula is C21H21ClFN5. The van der Waals surface area contributed by atoms with Crippen LogP contribution in [-0.2, 0) is 0 Å². The molecule has 0 saturated heterocycles. The number of nitrogens with one attached hydrogen (secondary N) is 2. The lowest BCUT2D eigenvalue weighted by molar-refractivity contribution is 0.461. The molecule has 144 valence electrons. The van der Waals surface area contributed by atoms with Gasteiger partial charge in [-0.2, -0.15) is 4.98 Å². The van der Waals surface area contributed by atoms with Crippen molar-refractivity contribution in [2.45, 2.75) is 38.1 Å². The Morgan fingerprint density at radius 2 is 1.82 bits per heavy atom. The third kappa shape index (κ3) is 4.39. The quantitative estimate of drug-likeness (QED) is 0.568. The maximum absolute atomic E-state index is 14.2. The number of rotatable bonds is 5. The summed E-state index contributed by atoms with van der Waals surface area (Å²) < 4.78 is 14.2. The van der Waals surface area contributed by atoms with E-state index in [0.717, 1.165) is 18.5 Å². The van der Waals surface area contributed by atoms with Gasteiger partial charge in [0.05, 0.1) is 22.1 Å². The van der Waals surface area contributed by atoms with E-state index in [2.05, 4.69) is 25.6 Å². The number of pyridine rings is 1. The lowest BCUT2D eigenvalue weighted by Gasteiger charge is -2.23. The van der Waals surface area contributed by atoms with Crippen molar-refractivity contribution in [2.24, 2.45) is 0 Å². The highest BCUT2D eigenvalue weighted by Crippen LogP contribution is 2.30. The fraction of sp³-hybridized carbons (Fsp3) is 0.286. The lowest BCUT2D eigenvalue weighted by Crippen LogP contribution is -2.23. The monoisotopic (exact) mass is 397 g/mol. The Labute approximate surface area is 168 Å². The Balaban J connectivity index is 1.69. The molecule has 0 bridgehead atoms. The van der Waals surface area contributed by atoms with Gasteiger partial charge in [0.15, 0.2) is 0 Å². The van der Waals surface area contributed by atoms with Crippen molar-refractivity contribution in [3.05, 3.63) is 59.5 Å². The number of anilines is 3. The molecule has 1 aliphatic rings. The summed E-state index contributed by atoms with van der Waals surface area (Å²) in [5.41, 5.74) is 1.57. The van der Waals surface area contributed by atoms with Crippen LogP contribution < -0.4 is 10.6 Å². The first-order chi connectivity index (χ1) is 13.7. The molecular weight excluding hydrogens is 377 g/mol. The van der Waals surface area contributed by atoms with Crippen LogP contribution in [0, 0.1) is 5.82 Å². The van der Waals surface area contributed by atoms with Gasteiger partial charge < -0.3 is 10.6 Å². The molecule has 1 fully saturated rings. The second-order valence-electron chi connectivity index (χ2n) is 6.88. The summed E-state index contributed by atoms with van der Waals surface area (Å²) in [5.74, 6) is 0.526. The molecule has 0 radical (unpaired) electrons. The molecule has 0 amide bonds. The summed E-state index contributed by atoms with van der Waals surface area (Å²) >= 11 is 6.16. The van der Waals surface area contributed by atoms with Crippen LogP contribution in [0.2, 0.25) is 5.02 Å². The van der Waals surface area contributed by atoms with Gasteiger partial charge >= 0.3 is 0 Å². The van der Waals surface area contributed by atoms with Crippen LogP contribution in [0.4, 0.5) is 21.8 Å². The van der Waals surface area contributed by atoms with Crippen LogP contribution in [0.25, 0.3) is 11.4 Å². The van der Waals surface area contributed by atoms with Crippen molar-refractivity contribution in [1.29, 1.82) is 0 Å². The summed E-state index contributed by atoms with van der Waals surface area (Å²) in [6.45, 7) is 0. The molecule has 28 heavy (non-hydrogen) atoms. The van der Waals surface area contributed by atoms with E-state index in [1.165, 1.54) is 25.3 Å². The van der Waals surface area contributed by atoms with Gasteiger partial charge in [0.2, 0.25) is 5.95 Å². The minimum atomic E-state index is -0.438. The highest BCUT2D eigenvalue weighted by molar-refractivity contribution is 6.33. The SMILES string of the molecule is Fc1cccc(Cl)c1Nc1cc(-c2ccccn2)nc(NC2CCCCC2)n1. The minimum Gasteiger partial charge on any atom is -0.351 e. The van der Waals surface area contributed by atoms with Gasteiger partial charge in [0.25, 0.3) is 0 Å². The van der Waals surface area contributed by atoms with E-state index in [-0.39, 0.29) is 5.69 Å². The van der Waals surface area contributed by atoms with Gasteiger partial charge in [-0.15, -0.1) is 0 Å². The van der Waals surface area contributed by atoms with E-state index in [9.17, 15) is 4.39 Å². The van der Waals surface area contributed by atoms with Crippen molar-refractivity contribution in [1.82, 2.24) is 15.0 Å². The Bertz CT molecular complexity index is 925. The maximum atomic E-state index is 14.2. The van der Waals surface area contributed by atoms with Gasteiger partial charge in [-0.1, -0.05) is 43.0 Å².